The Balaban J connectivity index is 1.24. The number of aromatic nitrogens is 1. The highest BCUT2D eigenvalue weighted by atomic mass is 32.2. The van der Waals surface area contributed by atoms with Crippen molar-refractivity contribution in [2.45, 2.75) is 107 Å². The molecule has 15 nitrogen and oxygen atoms in total. The van der Waals surface area contributed by atoms with Crippen molar-refractivity contribution in [1.29, 1.82) is 0 Å². The maximum absolute atomic E-state index is 14.6. The average Bonchev–Trinajstić information content (AvgIpc) is 4.12. The van der Waals surface area contributed by atoms with Gasteiger partial charge in [-0.3, -0.25) is 19.1 Å². The Kier molecular flexibility index (Phi) is 12.3. The zero-order chi connectivity index (χ0) is 43.9. The Morgan fingerprint density at radius 3 is 2.44 bits per heavy atom. The van der Waals surface area contributed by atoms with Crippen molar-refractivity contribution in [1.82, 2.24) is 25.2 Å². The van der Waals surface area contributed by atoms with E-state index in [1.807, 2.05) is 51.1 Å². The molecule has 0 spiro atoms. The molecule has 61 heavy (non-hydrogen) atoms. The van der Waals surface area contributed by atoms with Gasteiger partial charge in [0.25, 0.3) is 5.91 Å². The number of methoxy groups -OCH3 is 1. The van der Waals surface area contributed by atoms with Crippen LogP contribution in [0.5, 0.6) is 17.2 Å². The number of fused-ring (bicyclic) bond motifs is 3. The van der Waals surface area contributed by atoms with Gasteiger partial charge in [-0.25, -0.2) is 22.6 Å². The number of sulfonamides is 1. The number of benzene rings is 2. The lowest BCUT2D eigenvalue weighted by atomic mass is 9.88. The van der Waals surface area contributed by atoms with Gasteiger partial charge in [0.2, 0.25) is 21.8 Å². The number of halogens is 1. The van der Waals surface area contributed by atoms with E-state index in [9.17, 15) is 37.1 Å². The number of carbonyl (C=O) groups excluding carboxylic acids is 3. The van der Waals surface area contributed by atoms with Gasteiger partial charge in [-0.05, 0) is 101 Å². The van der Waals surface area contributed by atoms with Crippen LogP contribution in [0.15, 0.2) is 60.7 Å². The molecule has 4 amide bonds. The Morgan fingerprint density at radius 2 is 1.79 bits per heavy atom. The third-order valence-electron chi connectivity index (χ3n) is 12.3. The quantitative estimate of drug-likeness (QED) is 0.177. The number of amides is 4. The summed E-state index contributed by atoms with van der Waals surface area (Å²) in [6.07, 6.45) is 3.38. The van der Waals surface area contributed by atoms with Crippen LogP contribution < -0.4 is 29.6 Å². The Hall–Kier alpha value is -5.45. The molecule has 2 aliphatic carbocycles. The van der Waals surface area contributed by atoms with E-state index in [-0.39, 0.29) is 44.2 Å². The van der Waals surface area contributed by atoms with Gasteiger partial charge in [0.1, 0.15) is 52.4 Å². The summed E-state index contributed by atoms with van der Waals surface area (Å²) in [6.45, 7) is 6.40. The summed E-state index contributed by atoms with van der Waals surface area (Å²) in [6, 6.07) is 12.1. The number of alkyl halides is 1. The fraction of sp³-hybridized carbons (Fsp3) is 0.523. The van der Waals surface area contributed by atoms with Crippen LogP contribution in [0.25, 0.3) is 22.2 Å². The van der Waals surface area contributed by atoms with Gasteiger partial charge >= 0.3 is 6.09 Å². The van der Waals surface area contributed by atoms with Crippen LogP contribution in [0.1, 0.15) is 72.6 Å². The molecule has 1 aromatic heterocycles. The van der Waals surface area contributed by atoms with Crippen LogP contribution in [-0.4, -0.2) is 102 Å². The molecule has 328 valence electrons. The van der Waals surface area contributed by atoms with Crippen LogP contribution in [0, 0.1) is 17.8 Å². The van der Waals surface area contributed by atoms with Gasteiger partial charge < -0.3 is 34.9 Å². The third kappa shape index (κ3) is 9.12. The molecule has 0 radical (unpaired) electrons. The van der Waals surface area contributed by atoms with E-state index >= 15 is 0 Å². The van der Waals surface area contributed by atoms with Gasteiger partial charge in [0, 0.05) is 35.4 Å². The Morgan fingerprint density at radius 1 is 1.07 bits per heavy atom. The van der Waals surface area contributed by atoms with Crippen LogP contribution in [0.2, 0.25) is 0 Å². The van der Waals surface area contributed by atoms with E-state index in [0.29, 0.717) is 53.1 Å². The number of ether oxygens (including phenoxy) is 3. The number of nitrogens with one attached hydrogen (secondary N) is 3. The minimum atomic E-state index is -4.41. The van der Waals surface area contributed by atoms with E-state index in [2.05, 4.69) is 15.4 Å². The third-order valence-corrected chi connectivity index (χ3v) is 14.5. The van der Waals surface area contributed by atoms with Crippen LogP contribution >= 0.6 is 0 Å². The maximum atomic E-state index is 14.6. The first-order chi connectivity index (χ1) is 29.0. The van der Waals surface area contributed by atoms with Crippen LogP contribution in [-0.2, 0) is 24.4 Å². The normalized spacial score (nSPS) is 28.0. The number of hydrogen-bond acceptors (Lipinski definition) is 10. The van der Waals surface area contributed by atoms with E-state index < -0.39 is 80.8 Å². The molecule has 2 saturated carbocycles. The minimum absolute atomic E-state index is 0.0164. The molecule has 2 aliphatic heterocycles. The van der Waals surface area contributed by atoms with Gasteiger partial charge in [0.05, 0.1) is 31.0 Å². The first-order valence-corrected chi connectivity index (χ1v) is 22.3. The molecule has 7 atom stereocenters. The fourth-order valence-electron chi connectivity index (χ4n) is 8.59. The summed E-state index contributed by atoms with van der Waals surface area (Å²) in [4.78, 5) is 61.5. The summed E-state index contributed by atoms with van der Waals surface area (Å²) < 4.78 is 58.8. The van der Waals surface area contributed by atoms with Crippen molar-refractivity contribution in [3.63, 3.8) is 0 Å². The molecule has 3 fully saturated rings. The molecule has 4 aliphatic rings. The van der Waals surface area contributed by atoms with Crippen molar-refractivity contribution in [2.24, 2.45) is 17.8 Å². The molecule has 3 heterocycles. The van der Waals surface area contributed by atoms with E-state index in [4.69, 9.17) is 19.2 Å². The number of allylic oxidation sites excluding steroid dienone is 1. The topological polar surface area (TPSA) is 203 Å². The predicted molar refractivity (Wildman–Crippen MR) is 224 cm³/mol. The average molecular weight is 864 g/mol. The van der Waals surface area contributed by atoms with Gasteiger partial charge in [-0.2, -0.15) is 0 Å². The summed E-state index contributed by atoms with van der Waals surface area (Å²) in [5, 5.41) is 15.7. The summed E-state index contributed by atoms with van der Waals surface area (Å²) >= 11 is 0. The van der Waals surface area contributed by atoms with Crippen molar-refractivity contribution in [3.05, 3.63) is 60.7 Å². The lowest BCUT2D eigenvalue weighted by Crippen LogP contribution is -2.59. The van der Waals surface area contributed by atoms with Crippen LogP contribution in [0.4, 0.5) is 9.18 Å². The maximum Gasteiger partial charge on any atom is 0.405 e. The number of carbonyl (C=O) groups is 4. The van der Waals surface area contributed by atoms with E-state index in [1.165, 1.54) is 4.90 Å². The molecular weight excluding hydrogens is 810 g/mol. The summed E-state index contributed by atoms with van der Waals surface area (Å²) in [5.41, 5.74) is 0.200. The Labute approximate surface area is 354 Å². The highest BCUT2D eigenvalue weighted by Crippen LogP contribution is 2.48. The SMILES string of the molecule is COc1ccc2c(O[C@@H]3C[C@H]4C(=O)N[C@]5(C(=O)NS(=O)(=O)C6(CF)CC6)C[C@H]5/C=C\CCC(C)C[C@@H](C)[C@H](NC(=O)O)C(=O)N4C3)cc(-c3ccc(OC(C)C)cc3)nc2c1. The molecule has 2 aromatic carbocycles. The molecular formula is C44H54FN5O10S. The second-order valence-corrected chi connectivity index (χ2v) is 19.4. The lowest BCUT2D eigenvalue weighted by Gasteiger charge is -2.32. The fourth-order valence-corrected chi connectivity index (χ4v) is 10.0. The van der Waals surface area contributed by atoms with Gasteiger partial charge in [-0.15, -0.1) is 0 Å². The summed E-state index contributed by atoms with van der Waals surface area (Å²) in [7, 11) is -2.87. The smallest absolute Gasteiger partial charge is 0.405 e. The minimum Gasteiger partial charge on any atom is -0.497 e. The molecule has 1 unspecified atom stereocenters. The number of hydrogen-bond donors (Lipinski definition) is 4. The standard InChI is InChI=1S/C44H54FN5O10S/c1-25(2)59-30-12-10-28(11-13-30)34-21-37(33-15-14-31(58-5)19-35(33)46-34)60-32-20-36-39(51)48-44(41(53)49-61(56,57)43(24-45)16-17-43)22-29(44)9-7-6-8-26(3)18-27(4)38(47-42(54)55)40(52)50(36)23-32/h7,9-15,19,21,25-27,29,32,36,38,47H,6,8,16-18,20,22-24H2,1-5H3,(H,48,51)(H,49,53)(H,54,55)/b9-7-/t26?,27-,29-,32-,36+,38+,44-/m1/s1. The molecule has 1 saturated heterocycles. The molecule has 17 heteroatoms. The van der Waals surface area contributed by atoms with Gasteiger partial charge in [-0.1, -0.05) is 26.0 Å². The first-order valence-electron chi connectivity index (χ1n) is 20.8. The molecule has 3 aromatic rings. The zero-order valence-corrected chi connectivity index (χ0v) is 35.8. The number of pyridine rings is 1. The monoisotopic (exact) mass is 863 g/mol. The van der Waals surface area contributed by atoms with Crippen molar-refractivity contribution < 1.29 is 51.3 Å². The van der Waals surface area contributed by atoms with Crippen molar-refractivity contribution in [3.8, 4) is 28.5 Å². The highest BCUT2D eigenvalue weighted by Gasteiger charge is 2.64. The number of carboxylic acid groups (broad SMARTS) is 1. The molecule has 7 rings (SSSR count). The van der Waals surface area contributed by atoms with Crippen molar-refractivity contribution in [2.75, 3.05) is 20.3 Å². The number of nitrogens with zero attached hydrogens (tertiary/aromatic N) is 2. The zero-order valence-electron chi connectivity index (χ0n) is 35.0. The first kappa shape index (κ1) is 43.6. The second-order valence-electron chi connectivity index (χ2n) is 17.3. The predicted octanol–water partition coefficient (Wildman–Crippen LogP) is 5.52. The van der Waals surface area contributed by atoms with Crippen molar-refractivity contribution >= 4 is 44.7 Å². The second kappa shape index (κ2) is 17.1. The number of rotatable bonds is 11. The highest BCUT2D eigenvalue weighted by molar-refractivity contribution is 7.91. The van der Waals surface area contributed by atoms with Crippen LogP contribution in [0.3, 0.4) is 0 Å². The van der Waals surface area contributed by atoms with Gasteiger partial charge in [0.15, 0.2) is 0 Å². The Bertz CT molecular complexity index is 2320. The molecule has 0 bridgehead atoms. The lowest BCUT2D eigenvalue weighted by molar-refractivity contribution is -0.142. The summed E-state index contributed by atoms with van der Waals surface area (Å²) in [5.74, 6) is -1.67. The largest absolute Gasteiger partial charge is 0.497 e. The molecule has 4 N–H and O–H groups in total. The van der Waals surface area contributed by atoms with E-state index in [0.717, 1.165) is 5.56 Å². The van der Waals surface area contributed by atoms with E-state index in [1.54, 1.807) is 44.4 Å².